The van der Waals surface area contributed by atoms with Gasteiger partial charge in [0.05, 0.1) is 6.26 Å². The summed E-state index contributed by atoms with van der Waals surface area (Å²) in [5.74, 6) is -0.752. The van der Waals surface area contributed by atoms with E-state index in [9.17, 15) is 9.59 Å². The molecule has 2 N–H and O–H groups in total. The molecule has 0 spiro atoms. The van der Waals surface area contributed by atoms with E-state index >= 15 is 0 Å². The lowest BCUT2D eigenvalue weighted by Crippen LogP contribution is -2.59. The molecule has 1 saturated carbocycles. The fraction of sp³-hybridized carbons (Fsp3) is 0.417. The highest BCUT2D eigenvalue weighted by atomic mass is 16.4. The lowest BCUT2D eigenvalue weighted by atomic mass is 9.77. The van der Waals surface area contributed by atoms with Crippen LogP contribution in [0.5, 0.6) is 0 Å². The highest BCUT2D eigenvalue weighted by molar-refractivity contribution is 5.87. The smallest absolute Gasteiger partial charge is 0.329 e. The van der Waals surface area contributed by atoms with E-state index in [4.69, 9.17) is 9.52 Å². The third kappa shape index (κ3) is 2.49. The zero-order chi connectivity index (χ0) is 14.9. The number of carboxylic acids is 1. The molecule has 0 saturated heterocycles. The highest BCUT2D eigenvalue weighted by Gasteiger charge is 2.45. The van der Waals surface area contributed by atoms with Gasteiger partial charge in [0.25, 0.3) is 0 Å². The molecule has 2 aromatic rings. The molecule has 3 rings (SSSR count). The number of hydrogen-bond acceptors (Lipinski definition) is 6. The molecule has 1 aliphatic rings. The minimum absolute atomic E-state index is 0.192. The maximum atomic E-state index is 11.9. The summed E-state index contributed by atoms with van der Waals surface area (Å²) in [6, 6.07) is 3.37. The van der Waals surface area contributed by atoms with Crippen LogP contribution in [0.25, 0.3) is 11.6 Å². The van der Waals surface area contributed by atoms with Gasteiger partial charge < -0.3 is 14.8 Å². The van der Waals surface area contributed by atoms with Gasteiger partial charge in [0, 0.05) is 0 Å². The Morgan fingerprint density at radius 3 is 2.86 bits per heavy atom. The molecule has 0 aromatic carbocycles. The number of furan rings is 1. The summed E-state index contributed by atoms with van der Waals surface area (Å²) in [5, 5.41) is 23.2. The van der Waals surface area contributed by atoms with E-state index in [2.05, 4.69) is 20.7 Å². The summed E-state index contributed by atoms with van der Waals surface area (Å²) in [6.07, 6.45) is 3.15. The molecule has 0 aliphatic heterocycles. The van der Waals surface area contributed by atoms with Gasteiger partial charge in [-0.1, -0.05) is 0 Å². The van der Waals surface area contributed by atoms with Gasteiger partial charge in [0.2, 0.25) is 11.7 Å². The van der Waals surface area contributed by atoms with Crippen molar-refractivity contribution in [3.63, 3.8) is 0 Å². The van der Waals surface area contributed by atoms with Crippen LogP contribution in [0.15, 0.2) is 22.8 Å². The minimum Gasteiger partial charge on any atom is -0.480 e. The fourth-order valence-corrected chi connectivity index (χ4v) is 2.17. The van der Waals surface area contributed by atoms with Gasteiger partial charge in [-0.25, -0.2) is 4.79 Å². The Hall–Kier alpha value is -2.71. The maximum absolute atomic E-state index is 11.9. The Bertz CT molecular complexity index is 659. The topological polar surface area (TPSA) is 123 Å². The van der Waals surface area contributed by atoms with Gasteiger partial charge in [0.15, 0.2) is 5.76 Å². The molecular weight excluding hydrogens is 278 g/mol. The van der Waals surface area contributed by atoms with Crippen molar-refractivity contribution in [2.24, 2.45) is 0 Å². The van der Waals surface area contributed by atoms with E-state index in [1.807, 2.05) is 0 Å². The predicted molar refractivity (Wildman–Crippen MR) is 67.9 cm³/mol. The van der Waals surface area contributed by atoms with Crippen molar-refractivity contribution in [3.8, 4) is 11.6 Å². The van der Waals surface area contributed by atoms with E-state index in [1.165, 1.54) is 6.26 Å². The van der Waals surface area contributed by atoms with Gasteiger partial charge in [0.1, 0.15) is 12.1 Å². The Morgan fingerprint density at radius 2 is 2.29 bits per heavy atom. The van der Waals surface area contributed by atoms with Crippen LogP contribution in [0, 0.1) is 0 Å². The minimum atomic E-state index is -1.14. The first-order valence-electron chi connectivity index (χ1n) is 6.45. The summed E-state index contributed by atoms with van der Waals surface area (Å²) in [6.45, 7) is -0.192. The first-order chi connectivity index (χ1) is 10.1. The van der Waals surface area contributed by atoms with Crippen molar-refractivity contribution < 1.29 is 19.1 Å². The van der Waals surface area contributed by atoms with Crippen molar-refractivity contribution in [1.29, 1.82) is 0 Å². The molecule has 1 aliphatic carbocycles. The molecule has 2 heterocycles. The molecule has 110 valence electrons. The third-order valence-corrected chi connectivity index (χ3v) is 3.47. The summed E-state index contributed by atoms with van der Waals surface area (Å²) in [4.78, 5) is 24.2. The van der Waals surface area contributed by atoms with Crippen LogP contribution in [0.1, 0.15) is 19.3 Å². The predicted octanol–water partition coefficient (Wildman–Crippen LogP) is 0.0566. The number of carboxylic acid groups (broad SMARTS) is 1. The number of aliphatic carboxylic acids is 1. The molecule has 0 unspecified atom stereocenters. The normalized spacial score (nSPS) is 16.2. The Labute approximate surface area is 118 Å². The van der Waals surface area contributed by atoms with E-state index in [1.54, 1.807) is 12.1 Å². The number of rotatable bonds is 5. The molecular formula is C12H13N5O4. The van der Waals surface area contributed by atoms with E-state index in [-0.39, 0.29) is 12.4 Å². The fourth-order valence-electron chi connectivity index (χ4n) is 2.17. The molecule has 21 heavy (non-hydrogen) atoms. The maximum Gasteiger partial charge on any atom is 0.329 e. The lowest BCUT2D eigenvalue weighted by molar-refractivity contribution is -0.152. The first kappa shape index (κ1) is 13.3. The number of nitrogens with one attached hydrogen (secondary N) is 1. The molecule has 0 bridgehead atoms. The molecule has 2 aromatic heterocycles. The number of aromatic nitrogens is 4. The molecule has 0 radical (unpaired) electrons. The average Bonchev–Trinajstić information content (AvgIpc) is 3.03. The van der Waals surface area contributed by atoms with Crippen molar-refractivity contribution in [1.82, 2.24) is 25.5 Å². The van der Waals surface area contributed by atoms with E-state index in [0.29, 0.717) is 18.6 Å². The standard InChI is InChI=1S/C12H13N5O4/c18-9(13-12(11(19)20)4-2-5-12)7-17-15-10(14-16-17)8-3-1-6-21-8/h1,3,6H,2,4-5,7H2,(H,13,18)(H,19,20). The lowest BCUT2D eigenvalue weighted by Gasteiger charge is -2.38. The van der Waals surface area contributed by atoms with E-state index in [0.717, 1.165) is 11.2 Å². The monoisotopic (exact) mass is 291 g/mol. The Balaban J connectivity index is 1.64. The molecule has 1 amide bonds. The van der Waals surface area contributed by atoms with Crippen LogP contribution in [0.3, 0.4) is 0 Å². The molecule has 9 nitrogen and oxygen atoms in total. The number of amides is 1. The first-order valence-corrected chi connectivity index (χ1v) is 6.45. The zero-order valence-corrected chi connectivity index (χ0v) is 11.0. The second-order valence-electron chi connectivity index (χ2n) is 4.91. The van der Waals surface area contributed by atoms with Crippen molar-refractivity contribution in [3.05, 3.63) is 18.4 Å². The second kappa shape index (κ2) is 5.00. The molecule has 0 atom stereocenters. The number of nitrogens with zero attached hydrogens (tertiary/aromatic N) is 4. The van der Waals surface area contributed by atoms with E-state index < -0.39 is 17.4 Å². The average molecular weight is 291 g/mol. The zero-order valence-electron chi connectivity index (χ0n) is 11.0. The number of carbonyl (C=O) groups is 2. The van der Waals surface area contributed by atoms with Gasteiger partial charge in [-0.05, 0) is 36.6 Å². The second-order valence-corrected chi connectivity index (χ2v) is 4.91. The van der Waals surface area contributed by atoms with Gasteiger partial charge >= 0.3 is 5.97 Å². The van der Waals surface area contributed by atoms with Crippen LogP contribution in [0.2, 0.25) is 0 Å². The number of tetrazole rings is 1. The Kier molecular flexibility index (Phi) is 3.16. The highest BCUT2D eigenvalue weighted by Crippen LogP contribution is 2.31. The molecule has 9 heteroatoms. The van der Waals surface area contributed by atoms with Crippen LogP contribution < -0.4 is 5.32 Å². The van der Waals surface area contributed by atoms with Gasteiger partial charge in [-0.15, -0.1) is 10.2 Å². The summed E-state index contributed by atoms with van der Waals surface area (Å²) in [7, 11) is 0. The summed E-state index contributed by atoms with van der Waals surface area (Å²) in [5.41, 5.74) is -1.14. The van der Waals surface area contributed by atoms with Crippen molar-refractivity contribution in [2.45, 2.75) is 31.3 Å². The SMILES string of the molecule is O=C(Cn1nnc(-c2ccco2)n1)NC1(C(=O)O)CCC1. The van der Waals surface area contributed by atoms with Crippen LogP contribution in [-0.2, 0) is 16.1 Å². The summed E-state index contributed by atoms with van der Waals surface area (Å²) < 4.78 is 5.12. The largest absolute Gasteiger partial charge is 0.480 e. The quantitative estimate of drug-likeness (QED) is 0.798. The van der Waals surface area contributed by atoms with Crippen molar-refractivity contribution >= 4 is 11.9 Å². The van der Waals surface area contributed by atoms with Crippen LogP contribution in [-0.4, -0.2) is 42.7 Å². The van der Waals surface area contributed by atoms with Crippen LogP contribution >= 0.6 is 0 Å². The van der Waals surface area contributed by atoms with Gasteiger partial charge in [-0.2, -0.15) is 4.80 Å². The number of carbonyl (C=O) groups excluding carboxylic acids is 1. The van der Waals surface area contributed by atoms with Crippen molar-refractivity contribution in [2.75, 3.05) is 0 Å². The third-order valence-electron chi connectivity index (χ3n) is 3.47. The Morgan fingerprint density at radius 1 is 1.48 bits per heavy atom. The molecule has 1 fully saturated rings. The van der Waals surface area contributed by atoms with Crippen LogP contribution in [0.4, 0.5) is 0 Å². The number of hydrogen-bond donors (Lipinski definition) is 2. The summed E-state index contributed by atoms with van der Waals surface area (Å²) >= 11 is 0. The van der Waals surface area contributed by atoms with Gasteiger partial charge in [-0.3, -0.25) is 4.79 Å².